The van der Waals surface area contributed by atoms with E-state index in [1.807, 2.05) is 25.1 Å². The molecule has 2 heterocycles. The Balaban J connectivity index is 1.61. The van der Waals surface area contributed by atoms with Gasteiger partial charge >= 0.3 is 0 Å². The van der Waals surface area contributed by atoms with Crippen LogP contribution in [0.1, 0.15) is 31.6 Å². The number of benzene rings is 1. The van der Waals surface area contributed by atoms with Gasteiger partial charge in [0, 0.05) is 25.7 Å². The Kier molecular flexibility index (Phi) is 7.01. The number of para-hydroxylation sites is 1. The van der Waals surface area contributed by atoms with Crippen LogP contribution in [0.25, 0.3) is 0 Å². The van der Waals surface area contributed by atoms with Crippen molar-refractivity contribution in [1.82, 2.24) is 10.6 Å². The second-order valence-corrected chi connectivity index (χ2v) is 7.04. The first-order chi connectivity index (χ1) is 13.2. The Morgan fingerprint density at radius 1 is 1.37 bits per heavy atom. The van der Waals surface area contributed by atoms with Gasteiger partial charge in [-0.25, -0.2) is 0 Å². The van der Waals surface area contributed by atoms with Crippen LogP contribution >= 0.6 is 11.6 Å². The normalized spacial score (nSPS) is 19.0. The molecule has 2 unspecified atom stereocenters. The molecule has 1 aliphatic rings. The average molecular weight is 391 g/mol. The topological polar surface area (TPSA) is 73.0 Å². The fourth-order valence-electron chi connectivity index (χ4n) is 3.28. The summed E-state index contributed by atoms with van der Waals surface area (Å²) in [6.45, 7) is 4.87. The number of aliphatic hydroxyl groups excluding tert-OH is 1. The first-order valence-electron chi connectivity index (χ1n) is 9.43. The largest absolute Gasteiger partial charge is 0.467 e. The predicted octanol–water partition coefficient (Wildman–Crippen LogP) is 3.19. The zero-order valence-corrected chi connectivity index (χ0v) is 16.3. The number of nitrogens with one attached hydrogen (secondary N) is 2. The molecule has 2 aromatic rings. The number of aliphatic imine (C=N–C) groups is 1. The molecule has 2 atom stereocenters. The van der Waals surface area contributed by atoms with E-state index in [0.717, 1.165) is 43.2 Å². The molecule has 0 saturated carbocycles. The summed E-state index contributed by atoms with van der Waals surface area (Å²) in [5, 5.41) is 17.7. The molecule has 0 amide bonds. The Labute approximate surface area is 165 Å². The van der Waals surface area contributed by atoms with Crippen LogP contribution < -0.4 is 15.5 Å². The smallest absolute Gasteiger partial charge is 0.191 e. The third kappa shape index (κ3) is 5.40. The lowest BCUT2D eigenvalue weighted by Gasteiger charge is -2.35. The summed E-state index contributed by atoms with van der Waals surface area (Å²) in [6, 6.07) is 11.7. The van der Waals surface area contributed by atoms with Crippen LogP contribution in [-0.4, -0.2) is 43.3 Å². The molecular formula is C20H27ClN4O2. The molecule has 1 aliphatic heterocycles. The number of anilines is 1. The highest BCUT2D eigenvalue weighted by Gasteiger charge is 2.22. The van der Waals surface area contributed by atoms with Crippen molar-refractivity contribution in [1.29, 1.82) is 0 Å². The van der Waals surface area contributed by atoms with Gasteiger partial charge in [0.1, 0.15) is 11.9 Å². The second-order valence-electron chi connectivity index (χ2n) is 6.63. The number of hydrogen-bond donors (Lipinski definition) is 3. The van der Waals surface area contributed by atoms with Gasteiger partial charge in [-0.2, -0.15) is 0 Å². The number of furan rings is 1. The van der Waals surface area contributed by atoms with Crippen LogP contribution in [0.3, 0.4) is 0 Å². The summed E-state index contributed by atoms with van der Waals surface area (Å²) in [6.07, 6.45) is 2.95. The van der Waals surface area contributed by atoms with Crippen molar-refractivity contribution in [2.45, 2.75) is 31.9 Å². The zero-order valence-electron chi connectivity index (χ0n) is 15.6. The zero-order chi connectivity index (χ0) is 19.1. The van der Waals surface area contributed by atoms with Crippen molar-refractivity contribution in [3.05, 3.63) is 53.4 Å². The van der Waals surface area contributed by atoms with E-state index in [9.17, 15) is 5.11 Å². The molecule has 0 aliphatic carbocycles. The van der Waals surface area contributed by atoms with Crippen molar-refractivity contribution in [2.75, 3.05) is 31.1 Å². The number of hydrogen-bond acceptors (Lipinski definition) is 4. The number of guanidine groups is 1. The minimum absolute atomic E-state index is 0.240. The average Bonchev–Trinajstić information content (AvgIpc) is 3.21. The maximum absolute atomic E-state index is 10.2. The summed E-state index contributed by atoms with van der Waals surface area (Å²) in [7, 11) is 0. The van der Waals surface area contributed by atoms with Gasteiger partial charge < -0.3 is 25.1 Å². The molecule has 3 N–H and O–H groups in total. The van der Waals surface area contributed by atoms with Gasteiger partial charge in [-0.05, 0) is 44.0 Å². The molecule has 3 rings (SSSR count). The van der Waals surface area contributed by atoms with Gasteiger partial charge in [-0.3, -0.25) is 4.99 Å². The summed E-state index contributed by atoms with van der Waals surface area (Å²) in [4.78, 5) is 6.83. The molecular weight excluding hydrogens is 364 g/mol. The Morgan fingerprint density at radius 3 is 2.96 bits per heavy atom. The van der Waals surface area contributed by atoms with Gasteiger partial charge in [0.25, 0.3) is 0 Å². The van der Waals surface area contributed by atoms with Crippen molar-refractivity contribution < 1.29 is 9.52 Å². The van der Waals surface area contributed by atoms with Gasteiger partial charge in [0.05, 0.1) is 23.5 Å². The molecule has 0 radical (unpaired) electrons. The molecule has 7 heteroatoms. The van der Waals surface area contributed by atoms with Crippen molar-refractivity contribution in [2.24, 2.45) is 4.99 Å². The number of piperidine rings is 1. The standard InChI is InChI=1S/C20H27ClN4O2/c1-2-22-20(23-13-18(26)19-10-6-12-27-19)24-15-7-5-11-25(14-15)17-9-4-3-8-16(17)21/h3-4,6,8-10,12,15,18,26H,2,5,7,11,13-14H2,1H3,(H2,22,23,24). The summed E-state index contributed by atoms with van der Waals surface area (Å²) in [5.74, 6) is 1.23. The third-order valence-electron chi connectivity index (χ3n) is 4.59. The molecule has 1 fully saturated rings. The van der Waals surface area contributed by atoms with Crippen molar-refractivity contribution in [3.8, 4) is 0 Å². The van der Waals surface area contributed by atoms with E-state index in [2.05, 4.69) is 26.6 Å². The SMILES string of the molecule is CCNC(=NCC(O)c1ccco1)NC1CCCN(c2ccccc2Cl)C1. The van der Waals surface area contributed by atoms with Crippen LogP contribution in [0.2, 0.25) is 5.02 Å². The Hall–Kier alpha value is -2.18. The van der Waals surface area contributed by atoms with Gasteiger partial charge in [-0.1, -0.05) is 23.7 Å². The minimum atomic E-state index is -0.749. The van der Waals surface area contributed by atoms with Crippen LogP contribution in [0, 0.1) is 0 Å². The van der Waals surface area contributed by atoms with Gasteiger partial charge in [0.15, 0.2) is 5.96 Å². The molecule has 1 aromatic carbocycles. The lowest BCUT2D eigenvalue weighted by Crippen LogP contribution is -2.51. The predicted molar refractivity (Wildman–Crippen MR) is 109 cm³/mol. The van der Waals surface area contributed by atoms with E-state index in [4.69, 9.17) is 16.0 Å². The summed E-state index contributed by atoms with van der Waals surface area (Å²) >= 11 is 6.36. The van der Waals surface area contributed by atoms with Crippen LogP contribution in [0.15, 0.2) is 52.1 Å². The molecule has 1 saturated heterocycles. The highest BCUT2D eigenvalue weighted by molar-refractivity contribution is 6.33. The Bertz CT molecular complexity index is 735. The minimum Gasteiger partial charge on any atom is -0.467 e. The molecule has 146 valence electrons. The number of nitrogens with zero attached hydrogens (tertiary/aromatic N) is 2. The second kappa shape index (κ2) is 9.67. The fourth-order valence-corrected chi connectivity index (χ4v) is 3.54. The first-order valence-corrected chi connectivity index (χ1v) is 9.81. The van der Waals surface area contributed by atoms with Crippen LogP contribution in [0.4, 0.5) is 5.69 Å². The lowest BCUT2D eigenvalue weighted by atomic mass is 10.0. The van der Waals surface area contributed by atoms with E-state index in [-0.39, 0.29) is 12.6 Å². The molecule has 1 aromatic heterocycles. The number of aliphatic hydroxyl groups is 1. The van der Waals surface area contributed by atoms with E-state index < -0.39 is 6.10 Å². The maximum Gasteiger partial charge on any atom is 0.191 e. The van der Waals surface area contributed by atoms with E-state index in [0.29, 0.717) is 11.7 Å². The number of halogens is 1. The van der Waals surface area contributed by atoms with E-state index in [1.165, 1.54) is 0 Å². The maximum atomic E-state index is 10.2. The Morgan fingerprint density at radius 2 is 2.22 bits per heavy atom. The van der Waals surface area contributed by atoms with Gasteiger partial charge in [-0.15, -0.1) is 0 Å². The van der Waals surface area contributed by atoms with E-state index >= 15 is 0 Å². The summed E-state index contributed by atoms with van der Waals surface area (Å²) < 4.78 is 5.23. The summed E-state index contributed by atoms with van der Waals surface area (Å²) in [5.41, 5.74) is 1.07. The quantitative estimate of drug-likeness (QED) is 0.522. The highest BCUT2D eigenvalue weighted by atomic mass is 35.5. The van der Waals surface area contributed by atoms with Crippen molar-refractivity contribution in [3.63, 3.8) is 0 Å². The molecule has 0 spiro atoms. The van der Waals surface area contributed by atoms with Crippen molar-refractivity contribution >= 4 is 23.2 Å². The highest BCUT2D eigenvalue weighted by Crippen LogP contribution is 2.27. The van der Waals surface area contributed by atoms with Crippen LogP contribution in [-0.2, 0) is 0 Å². The fraction of sp³-hybridized carbons (Fsp3) is 0.450. The molecule has 27 heavy (non-hydrogen) atoms. The molecule has 0 bridgehead atoms. The number of rotatable bonds is 6. The monoisotopic (exact) mass is 390 g/mol. The lowest BCUT2D eigenvalue weighted by molar-refractivity contribution is 0.158. The first kappa shape index (κ1) is 19.6. The van der Waals surface area contributed by atoms with Crippen LogP contribution in [0.5, 0.6) is 0 Å². The third-order valence-corrected chi connectivity index (χ3v) is 4.91. The van der Waals surface area contributed by atoms with Gasteiger partial charge in [0.2, 0.25) is 0 Å². The molecule has 6 nitrogen and oxygen atoms in total. The van der Waals surface area contributed by atoms with E-state index in [1.54, 1.807) is 18.4 Å².